The second kappa shape index (κ2) is 5.04. The molecule has 0 unspecified atom stereocenters. The number of aromatic nitrogens is 5. The van der Waals surface area contributed by atoms with Crippen molar-refractivity contribution in [3.63, 3.8) is 0 Å². The zero-order chi connectivity index (χ0) is 13.9. The number of rotatable bonds is 3. The maximum absolute atomic E-state index is 13.0. The minimum Gasteiger partial charge on any atom is -0.357 e. The monoisotopic (exact) mass is 270 g/mol. The molecule has 3 aromatic rings. The number of hydrogen-bond donors (Lipinski definition) is 1. The minimum atomic E-state index is -0.302. The molecule has 6 nitrogen and oxygen atoms in total. The summed E-state index contributed by atoms with van der Waals surface area (Å²) in [6.07, 6.45) is 3.38. The Hall–Kier alpha value is -2.83. The van der Waals surface area contributed by atoms with Crippen molar-refractivity contribution in [2.75, 3.05) is 12.4 Å². The Kier molecular flexibility index (Phi) is 3.08. The van der Waals surface area contributed by atoms with Crippen molar-refractivity contribution >= 4 is 5.95 Å². The van der Waals surface area contributed by atoms with Crippen LogP contribution >= 0.6 is 0 Å². The Balaban J connectivity index is 2.11. The van der Waals surface area contributed by atoms with Crippen molar-refractivity contribution in [3.8, 4) is 17.3 Å². The van der Waals surface area contributed by atoms with Crippen LogP contribution in [0.15, 0.2) is 42.7 Å². The van der Waals surface area contributed by atoms with Gasteiger partial charge in [0, 0.05) is 25.0 Å². The van der Waals surface area contributed by atoms with Gasteiger partial charge in [-0.05, 0) is 30.3 Å². The van der Waals surface area contributed by atoms with Gasteiger partial charge in [0.15, 0.2) is 5.82 Å². The quantitative estimate of drug-likeness (QED) is 0.787. The highest BCUT2D eigenvalue weighted by Crippen LogP contribution is 2.17. The topological polar surface area (TPSA) is 68.5 Å². The summed E-state index contributed by atoms with van der Waals surface area (Å²) in [4.78, 5) is 12.8. The van der Waals surface area contributed by atoms with Crippen LogP contribution in [0.1, 0.15) is 0 Å². The molecular weight excluding hydrogens is 259 g/mol. The average Bonchev–Trinajstić information content (AvgIpc) is 3.02. The number of nitrogens with zero attached hydrogens (tertiary/aromatic N) is 5. The van der Waals surface area contributed by atoms with Crippen molar-refractivity contribution in [1.82, 2.24) is 24.7 Å². The second-order valence-electron chi connectivity index (χ2n) is 3.99. The smallest absolute Gasteiger partial charge is 0.255 e. The third-order valence-corrected chi connectivity index (χ3v) is 2.66. The van der Waals surface area contributed by atoms with Gasteiger partial charge in [0.05, 0.1) is 0 Å². The van der Waals surface area contributed by atoms with Crippen molar-refractivity contribution in [2.24, 2.45) is 0 Å². The van der Waals surface area contributed by atoms with Crippen LogP contribution in [0.2, 0.25) is 0 Å². The van der Waals surface area contributed by atoms with E-state index in [2.05, 4.69) is 25.4 Å². The fraction of sp³-hybridized carbons (Fsp3) is 0.0769. The Morgan fingerprint density at radius 2 is 1.90 bits per heavy atom. The van der Waals surface area contributed by atoms with Gasteiger partial charge in [-0.3, -0.25) is 0 Å². The molecule has 2 aromatic heterocycles. The van der Waals surface area contributed by atoms with E-state index in [1.54, 1.807) is 37.6 Å². The summed E-state index contributed by atoms with van der Waals surface area (Å²) in [5.74, 6) is 0.970. The Labute approximate surface area is 114 Å². The Morgan fingerprint density at radius 1 is 1.10 bits per heavy atom. The van der Waals surface area contributed by atoms with Crippen LogP contribution in [0, 0.1) is 5.82 Å². The maximum atomic E-state index is 13.0. The van der Waals surface area contributed by atoms with Gasteiger partial charge >= 0.3 is 0 Å². The van der Waals surface area contributed by atoms with Crippen molar-refractivity contribution in [1.29, 1.82) is 0 Å². The van der Waals surface area contributed by atoms with E-state index in [4.69, 9.17) is 0 Å². The SMILES string of the molecule is CNc1nc(-c2ccc(F)cc2)nc(-n2cccn2)n1. The Bertz CT molecular complexity index is 708. The summed E-state index contributed by atoms with van der Waals surface area (Å²) >= 11 is 0. The molecule has 1 N–H and O–H groups in total. The first-order valence-electron chi connectivity index (χ1n) is 5.96. The van der Waals surface area contributed by atoms with Crippen LogP contribution in [-0.4, -0.2) is 31.8 Å². The normalized spacial score (nSPS) is 10.5. The molecule has 100 valence electrons. The standard InChI is InChI=1S/C13H11FN6/c1-15-12-17-11(9-3-5-10(14)6-4-9)18-13(19-12)20-8-2-7-16-20/h2-8H,1H3,(H,15,17,18,19). The minimum absolute atomic E-state index is 0.302. The van der Waals surface area contributed by atoms with Gasteiger partial charge in [-0.1, -0.05) is 0 Å². The van der Waals surface area contributed by atoms with Gasteiger partial charge < -0.3 is 5.32 Å². The predicted octanol–water partition coefficient (Wildman–Crippen LogP) is 1.91. The fourth-order valence-electron chi connectivity index (χ4n) is 1.69. The van der Waals surface area contributed by atoms with Gasteiger partial charge in [-0.25, -0.2) is 9.07 Å². The lowest BCUT2D eigenvalue weighted by molar-refractivity contribution is 0.628. The van der Waals surface area contributed by atoms with Gasteiger partial charge in [-0.2, -0.15) is 20.1 Å². The third-order valence-electron chi connectivity index (χ3n) is 2.66. The molecule has 0 bridgehead atoms. The van der Waals surface area contributed by atoms with Gasteiger partial charge in [0.1, 0.15) is 5.82 Å². The number of hydrogen-bond acceptors (Lipinski definition) is 5. The first-order valence-corrected chi connectivity index (χ1v) is 5.96. The van der Waals surface area contributed by atoms with Crippen LogP contribution in [-0.2, 0) is 0 Å². The summed E-state index contributed by atoms with van der Waals surface area (Å²) in [5, 5.41) is 6.96. The lowest BCUT2D eigenvalue weighted by atomic mass is 10.2. The third kappa shape index (κ3) is 2.33. The zero-order valence-corrected chi connectivity index (χ0v) is 10.7. The lowest BCUT2D eigenvalue weighted by Gasteiger charge is -2.06. The highest BCUT2D eigenvalue weighted by atomic mass is 19.1. The second-order valence-corrected chi connectivity index (χ2v) is 3.99. The van der Waals surface area contributed by atoms with Crippen LogP contribution in [0.3, 0.4) is 0 Å². The molecule has 0 atom stereocenters. The molecule has 0 amide bonds. The summed E-state index contributed by atoms with van der Waals surface area (Å²) < 4.78 is 14.5. The first-order chi connectivity index (χ1) is 9.76. The summed E-state index contributed by atoms with van der Waals surface area (Å²) in [5.41, 5.74) is 0.707. The van der Waals surface area contributed by atoms with E-state index in [0.717, 1.165) is 0 Å². The number of nitrogens with one attached hydrogen (secondary N) is 1. The predicted molar refractivity (Wildman–Crippen MR) is 71.9 cm³/mol. The molecule has 7 heteroatoms. The van der Waals surface area contributed by atoms with Crippen molar-refractivity contribution < 1.29 is 4.39 Å². The van der Waals surface area contributed by atoms with Gasteiger partial charge in [0.2, 0.25) is 5.95 Å². The van der Waals surface area contributed by atoms with Crippen LogP contribution in [0.5, 0.6) is 0 Å². The average molecular weight is 270 g/mol. The molecule has 0 aliphatic carbocycles. The molecule has 0 aliphatic rings. The van der Waals surface area contributed by atoms with E-state index in [9.17, 15) is 4.39 Å². The summed E-state index contributed by atoms with van der Waals surface area (Å²) in [7, 11) is 1.72. The van der Waals surface area contributed by atoms with E-state index in [0.29, 0.717) is 23.3 Å². The molecule has 3 rings (SSSR count). The van der Waals surface area contributed by atoms with Gasteiger partial charge in [-0.15, -0.1) is 0 Å². The molecule has 0 saturated carbocycles. The van der Waals surface area contributed by atoms with E-state index in [1.807, 2.05) is 0 Å². The highest BCUT2D eigenvalue weighted by molar-refractivity contribution is 5.56. The fourth-order valence-corrected chi connectivity index (χ4v) is 1.69. The molecule has 0 radical (unpaired) electrons. The molecule has 0 spiro atoms. The van der Waals surface area contributed by atoms with E-state index in [-0.39, 0.29) is 5.82 Å². The molecule has 0 aliphatic heterocycles. The lowest BCUT2D eigenvalue weighted by Crippen LogP contribution is -2.08. The molecular formula is C13H11FN6. The first kappa shape index (κ1) is 12.2. The van der Waals surface area contributed by atoms with Gasteiger partial charge in [0.25, 0.3) is 5.95 Å². The number of benzene rings is 1. The summed E-state index contributed by atoms with van der Waals surface area (Å²) in [6.45, 7) is 0. The van der Waals surface area contributed by atoms with E-state index >= 15 is 0 Å². The molecule has 1 aromatic carbocycles. The zero-order valence-electron chi connectivity index (χ0n) is 10.7. The summed E-state index contributed by atoms with van der Waals surface area (Å²) in [6, 6.07) is 7.76. The van der Waals surface area contributed by atoms with Crippen LogP contribution in [0.4, 0.5) is 10.3 Å². The molecule has 2 heterocycles. The Morgan fingerprint density at radius 3 is 2.55 bits per heavy atom. The van der Waals surface area contributed by atoms with Crippen LogP contribution in [0.25, 0.3) is 17.3 Å². The maximum Gasteiger partial charge on any atom is 0.255 e. The van der Waals surface area contributed by atoms with Crippen molar-refractivity contribution in [3.05, 3.63) is 48.5 Å². The molecule has 20 heavy (non-hydrogen) atoms. The van der Waals surface area contributed by atoms with Crippen LogP contribution < -0.4 is 5.32 Å². The molecule has 0 fully saturated rings. The van der Waals surface area contributed by atoms with Crippen molar-refractivity contribution in [2.45, 2.75) is 0 Å². The largest absolute Gasteiger partial charge is 0.357 e. The van der Waals surface area contributed by atoms with E-state index < -0.39 is 0 Å². The van der Waals surface area contributed by atoms with E-state index in [1.165, 1.54) is 16.8 Å². The highest BCUT2D eigenvalue weighted by Gasteiger charge is 2.09. The number of halogens is 1. The number of anilines is 1. The molecule has 0 saturated heterocycles.